The number of nitrogens with zero attached hydrogens (tertiary/aromatic N) is 1. The van der Waals surface area contributed by atoms with Crippen LogP contribution in [0.4, 0.5) is 24.5 Å². The number of amides is 1. The second kappa shape index (κ2) is 5.72. The monoisotopic (exact) mass is 359 g/mol. The normalized spacial score (nSPS) is 11.2. The van der Waals surface area contributed by atoms with Crippen LogP contribution < -0.4 is 11.1 Å². The predicted octanol–water partition coefficient (Wildman–Crippen LogP) is 3.70. The fourth-order valence-electron chi connectivity index (χ4n) is 1.59. The molecule has 0 aliphatic heterocycles. The summed E-state index contributed by atoms with van der Waals surface area (Å²) in [5.74, 6) is -0.575. The molecule has 1 aromatic carbocycles. The van der Waals surface area contributed by atoms with Crippen LogP contribution in [0, 0.1) is 0 Å². The van der Waals surface area contributed by atoms with Crippen molar-refractivity contribution in [1.82, 2.24) is 4.98 Å². The number of nitrogens with two attached hydrogens (primary N) is 1. The molecule has 0 radical (unpaired) electrons. The van der Waals surface area contributed by atoms with Crippen molar-refractivity contribution in [2.75, 3.05) is 11.1 Å². The first-order chi connectivity index (χ1) is 9.79. The van der Waals surface area contributed by atoms with Crippen LogP contribution >= 0.6 is 15.9 Å². The molecular weight excluding hydrogens is 351 g/mol. The summed E-state index contributed by atoms with van der Waals surface area (Å²) in [6, 6.07) is 5.97. The predicted molar refractivity (Wildman–Crippen MR) is 75.7 cm³/mol. The molecule has 8 heteroatoms. The Labute approximate surface area is 126 Å². The van der Waals surface area contributed by atoms with Gasteiger partial charge in [0.25, 0.3) is 5.91 Å². The summed E-state index contributed by atoms with van der Waals surface area (Å²) >= 11 is 3.16. The molecule has 0 bridgehead atoms. The number of halogens is 4. The molecule has 0 aliphatic rings. The number of hydrogen-bond acceptors (Lipinski definition) is 3. The Morgan fingerprint density at radius 1 is 1.29 bits per heavy atom. The topological polar surface area (TPSA) is 68.0 Å². The number of benzene rings is 1. The van der Waals surface area contributed by atoms with Crippen LogP contribution in [0.15, 0.2) is 41.0 Å². The maximum absolute atomic E-state index is 12.5. The van der Waals surface area contributed by atoms with Gasteiger partial charge >= 0.3 is 6.18 Å². The SMILES string of the molecule is Nc1cc(C(F)(F)F)ccc1NC(=O)c1ncccc1Br. The van der Waals surface area contributed by atoms with Crippen LogP contribution in [0.2, 0.25) is 0 Å². The van der Waals surface area contributed by atoms with Gasteiger partial charge in [0.2, 0.25) is 0 Å². The summed E-state index contributed by atoms with van der Waals surface area (Å²) in [4.78, 5) is 15.9. The molecule has 4 nitrogen and oxygen atoms in total. The highest BCUT2D eigenvalue weighted by atomic mass is 79.9. The third-order valence-corrected chi connectivity index (χ3v) is 3.24. The third kappa shape index (κ3) is 3.52. The zero-order valence-electron chi connectivity index (χ0n) is 10.4. The maximum Gasteiger partial charge on any atom is 0.416 e. The number of pyridine rings is 1. The molecule has 110 valence electrons. The van der Waals surface area contributed by atoms with E-state index >= 15 is 0 Å². The van der Waals surface area contributed by atoms with E-state index in [2.05, 4.69) is 26.2 Å². The lowest BCUT2D eigenvalue weighted by atomic mass is 10.1. The van der Waals surface area contributed by atoms with Gasteiger partial charge in [-0.05, 0) is 46.3 Å². The number of hydrogen-bond donors (Lipinski definition) is 2. The Balaban J connectivity index is 2.25. The first-order valence-corrected chi connectivity index (χ1v) is 6.47. The number of nitrogens with one attached hydrogen (secondary N) is 1. The van der Waals surface area contributed by atoms with Crippen molar-refractivity contribution in [3.63, 3.8) is 0 Å². The van der Waals surface area contributed by atoms with E-state index < -0.39 is 17.6 Å². The standard InChI is InChI=1S/C13H9BrF3N3O/c14-8-2-1-5-19-11(8)12(21)20-10-4-3-7(6-9(10)18)13(15,16)17/h1-6H,18H2,(H,20,21). The fraction of sp³-hybridized carbons (Fsp3) is 0.0769. The Bertz CT molecular complexity index is 689. The van der Waals surface area contributed by atoms with Crippen molar-refractivity contribution in [1.29, 1.82) is 0 Å². The quantitative estimate of drug-likeness (QED) is 0.803. The largest absolute Gasteiger partial charge is 0.416 e. The van der Waals surface area contributed by atoms with Crippen LogP contribution in [0.5, 0.6) is 0 Å². The molecule has 0 saturated carbocycles. The molecule has 21 heavy (non-hydrogen) atoms. The van der Waals surface area contributed by atoms with Crippen molar-refractivity contribution < 1.29 is 18.0 Å². The highest BCUT2D eigenvalue weighted by molar-refractivity contribution is 9.10. The molecule has 0 saturated heterocycles. The highest BCUT2D eigenvalue weighted by Crippen LogP contribution is 2.33. The maximum atomic E-state index is 12.5. The second-order valence-corrected chi connectivity index (χ2v) is 4.94. The van der Waals surface area contributed by atoms with Crippen LogP contribution in [-0.2, 0) is 6.18 Å². The van der Waals surface area contributed by atoms with Gasteiger partial charge in [-0.1, -0.05) is 0 Å². The van der Waals surface area contributed by atoms with Gasteiger partial charge in [-0.3, -0.25) is 4.79 Å². The first-order valence-electron chi connectivity index (χ1n) is 5.67. The highest BCUT2D eigenvalue weighted by Gasteiger charge is 2.30. The summed E-state index contributed by atoms with van der Waals surface area (Å²) in [6.07, 6.45) is -3.06. The molecule has 0 aliphatic carbocycles. The zero-order chi connectivity index (χ0) is 15.6. The summed E-state index contributed by atoms with van der Waals surface area (Å²) in [5, 5.41) is 2.42. The van der Waals surface area contributed by atoms with Crippen molar-refractivity contribution in [3.8, 4) is 0 Å². The minimum Gasteiger partial charge on any atom is -0.397 e. The van der Waals surface area contributed by atoms with E-state index in [4.69, 9.17) is 5.73 Å². The van der Waals surface area contributed by atoms with Gasteiger partial charge in [0.15, 0.2) is 0 Å². The molecule has 2 rings (SSSR count). The number of alkyl halides is 3. The Morgan fingerprint density at radius 2 is 2.00 bits per heavy atom. The van der Waals surface area contributed by atoms with E-state index in [1.807, 2.05) is 0 Å². The van der Waals surface area contributed by atoms with Gasteiger partial charge in [0, 0.05) is 10.7 Å². The summed E-state index contributed by atoms with van der Waals surface area (Å²) < 4.78 is 38.0. The summed E-state index contributed by atoms with van der Waals surface area (Å²) in [6.45, 7) is 0. The number of nitrogen functional groups attached to an aromatic ring is 1. The molecule has 3 N–H and O–H groups in total. The molecule has 0 spiro atoms. The first kappa shape index (κ1) is 15.3. The summed E-state index contributed by atoms with van der Waals surface area (Å²) in [7, 11) is 0. The molecular formula is C13H9BrF3N3O. The lowest BCUT2D eigenvalue weighted by Crippen LogP contribution is -2.16. The van der Waals surface area contributed by atoms with Crippen LogP contribution in [-0.4, -0.2) is 10.9 Å². The molecule has 1 aromatic heterocycles. The van der Waals surface area contributed by atoms with Crippen LogP contribution in [0.25, 0.3) is 0 Å². The smallest absolute Gasteiger partial charge is 0.397 e. The van der Waals surface area contributed by atoms with Crippen molar-refractivity contribution in [3.05, 3.63) is 52.3 Å². The van der Waals surface area contributed by atoms with E-state index in [-0.39, 0.29) is 17.1 Å². The Morgan fingerprint density at radius 3 is 2.57 bits per heavy atom. The van der Waals surface area contributed by atoms with E-state index in [9.17, 15) is 18.0 Å². The van der Waals surface area contributed by atoms with E-state index in [0.717, 1.165) is 18.2 Å². The Kier molecular flexibility index (Phi) is 4.17. The molecule has 0 atom stereocenters. The third-order valence-electron chi connectivity index (χ3n) is 2.60. The van der Waals surface area contributed by atoms with Gasteiger partial charge < -0.3 is 11.1 Å². The lowest BCUT2D eigenvalue weighted by Gasteiger charge is -2.12. The zero-order valence-corrected chi connectivity index (χ0v) is 12.0. The molecule has 0 fully saturated rings. The Hall–Kier alpha value is -2.09. The van der Waals surface area contributed by atoms with Crippen LogP contribution in [0.1, 0.15) is 16.1 Å². The number of aromatic nitrogens is 1. The van der Waals surface area contributed by atoms with Crippen molar-refractivity contribution in [2.24, 2.45) is 0 Å². The molecule has 1 heterocycles. The van der Waals surface area contributed by atoms with E-state index in [1.54, 1.807) is 12.1 Å². The van der Waals surface area contributed by atoms with Gasteiger partial charge in [0.1, 0.15) is 5.69 Å². The molecule has 0 unspecified atom stereocenters. The molecule has 2 aromatic rings. The van der Waals surface area contributed by atoms with Gasteiger partial charge in [-0.25, -0.2) is 4.98 Å². The molecule has 1 amide bonds. The lowest BCUT2D eigenvalue weighted by molar-refractivity contribution is -0.137. The van der Waals surface area contributed by atoms with Gasteiger partial charge in [-0.15, -0.1) is 0 Å². The number of anilines is 2. The fourth-order valence-corrected chi connectivity index (χ4v) is 2.02. The van der Waals surface area contributed by atoms with Crippen LogP contribution in [0.3, 0.4) is 0 Å². The number of rotatable bonds is 2. The van der Waals surface area contributed by atoms with Gasteiger partial charge in [-0.2, -0.15) is 13.2 Å². The summed E-state index contributed by atoms with van der Waals surface area (Å²) in [5.41, 5.74) is 4.68. The average Bonchev–Trinajstić information content (AvgIpc) is 2.40. The number of carbonyl (C=O) groups is 1. The minimum atomic E-state index is -4.49. The van der Waals surface area contributed by atoms with Gasteiger partial charge in [0.05, 0.1) is 16.9 Å². The second-order valence-electron chi connectivity index (χ2n) is 4.09. The van der Waals surface area contributed by atoms with E-state index in [0.29, 0.717) is 4.47 Å². The van der Waals surface area contributed by atoms with E-state index in [1.165, 1.54) is 6.20 Å². The number of carbonyl (C=O) groups excluding carboxylic acids is 1. The average molecular weight is 360 g/mol. The van der Waals surface area contributed by atoms with Crippen molar-refractivity contribution >= 4 is 33.2 Å². The van der Waals surface area contributed by atoms with Crippen molar-refractivity contribution in [2.45, 2.75) is 6.18 Å². The minimum absolute atomic E-state index is 0.0885.